The average molecular weight is 374 g/mol. The van der Waals surface area contributed by atoms with Crippen LogP contribution in [0.1, 0.15) is 41.5 Å². The Kier molecular flexibility index (Phi) is 117. The van der Waals surface area contributed by atoms with E-state index >= 15 is 0 Å². The van der Waals surface area contributed by atoms with Crippen LogP contribution in [-0.2, 0) is 19.2 Å². The number of carbonyl (C=O) groups excluding carboxylic acids is 2. The zero-order valence-corrected chi connectivity index (χ0v) is 19.9. The number of carbonyl (C=O) groups is 4. The van der Waals surface area contributed by atoms with Crippen LogP contribution in [-0.4, -0.2) is 47.2 Å². The number of hydrogen-bond donors (Lipinski definition) is 4. The van der Waals surface area contributed by atoms with Crippen LogP contribution in [0.15, 0.2) is 0 Å². The van der Waals surface area contributed by atoms with Crippen molar-refractivity contribution in [3.63, 3.8) is 0 Å². The summed E-state index contributed by atoms with van der Waals surface area (Å²) in [7, 11) is 0. The summed E-state index contributed by atoms with van der Waals surface area (Å²) in [5.74, 6) is -3.83. The molecule has 0 spiro atoms. The second-order valence-corrected chi connectivity index (χ2v) is 2.84. The molecule has 0 aromatic rings. The van der Waals surface area contributed by atoms with Gasteiger partial charge < -0.3 is 41.5 Å². The molecule has 0 saturated carbocycles. The molecule has 24 heavy (non-hydrogen) atoms. The first kappa shape index (κ1) is 49.6. The van der Waals surface area contributed by atoms with Gasteiger partial charge in [0.2, 0.25) is 0 Å². The van der Waals surface area contributed by atoms with Gasteiger partial charge in [-0.15, -0.1) is 0 Å². The van der Waals surface area contributed by atoms with Crippen molar-refractivity contribution in [1.82, 2.24) is 0 Å². The van der Waals surface area contributed by atoms with Crippen LogP contribution in [0.2, 0.25) is 0 Å². The second kappa shape index (κ2) is 56.9. The minimum absolute atomic E-state index is 0. The van der Waals surface area contributed by atoms with E-state index in [9.17, 15) is 0 Å². The van der Waals surface area contributed by atoms with Crippen LogP contribution in [0.3, 0.4) is 0 Å². The van der Waals surface area contributed by atoms with Gasteiger partial charge in [0.25, 0.3) is 11.9 Å². The molecule has 0 heterocycles. The van der Waals surface area contributed by atoms with Crippen molar-refractivity contribution in [2.75, 3.05) is 13.1 Å². The predicted molar refractivity (Wildman–Crippen MR) is 77.4 cm³/mol. The maximum absolute atomic E-state index is 9.00. The maximum Gasteiger partial charge on any atom is 1.00 e. The standard InChI is InChI=1S/2C2H7N.4C2H4O2.2Na/c2*1-2-3;4*1-2(3)4;;/h2*2-3H2,1H3;4*1H3,(H,3,4);;/q;;;;;;2*+1/p-2. The molecule has 10 nitrogen and oxygen atoms in total. The second-order valence-electron chi connectivity index (χ2n) is 2.84. The molecule has 0 radical (unpaired) electrons. The number of nitrogens with two attached hydrogens (primary N) is 2. The van der Waals surface area contributed by atoms with E-state index in [0.717, 1.165) is 40.8 Å². The quantitative estimate of drug-likeness (QED) is 0.294. The van der Waals surface area contributed by atoms with Crippen LogP contribution < -0.4 is 80.8 Å². The van der Waals surface area contributed by atoms with E-state index in [4.69, 9.17) is 51.1 Å². The van der Waals surface area contributed by atoms with Crippen LogP contribution in [0.5, 0.6) is 0 Å². The zero-order valence-electron chi connectivity index (χ0n) is 15.9. The molecule has 0 aliphatic rings. The first-order valence-electron chi connectivity index (χ1n) is 5.90. The first-order valence-corrected chi connectivity index (χ1v) is 5.90. The van der Waals surface area contributed by atoms with Gasteiger partial charge in [-0.2, -0.15) is 0 Å². The fourth-order valence-electron chi connectivity index (χ4n) is 0. The maximum atomic E-state index is 9.00. The van der Waals surface area contributed by atoms with E-state index in [1.54, 1.807) is 0 Å². The van der Waals surface area contributed by atoms with E-state index in [1.807, 2.05) is 13.8 Å². The smallest absolute Gasteiger partial charge is 0.550 e. The summed E-state index contributed by atoms with van der Waals surface area (Å²) in [6, 6.07) is 0. The molecule has 12 heteroatoms. The minimum atomic E-state index is -1.08. The topological polar surface area (TPSA) is 207 Å². The number of aliphatic carboxylic acids is 4. The Morgan fingerprint density at radius 1 is 0.708 bits per heavy atom. The third kappa shape index (κ3) is 236000. The van der Waals surface area contributed by atoms with Gasteiger partial charge in [0.05, 0.1) is 0 Å². The Morgan fingerprint density at radius 2 is 0.708 bits per heavy atom. The summed E-state index contributed by atoms with van der Waals surface area (Å²) in [4.78, 5) is 35.8. The predicted octanol–water partition coefficient (Wildman–Crippen LogP) is -8.37. The monoisotopic (exact) mass is 374 g/mol. The Labute approximate surface area is 187 Å². The van der Waals surface area contributed by atoms with Crippen LogP contribution in [0, 0.1) is 0 Å². The molecule has 136 valence electrons. The number of hydrogen-bond acceptors (Lipinski definition) is 8. The third-order valence-corrected chi connectivity index (χ3v) is 0. The molecule has 0 aromatic carbocycles. The molecule has 0 bridgehead atoms. The molecule has 0 amide bonds. The summed E-state index contributed by atoms with van der Waals surface area (Å²) < 4.78 is 0. The molecule has 0 rings (SSSR count). The molecule has 0 saturated heterocycles. The van der Waals surface area contributed by atoms with E-state index < -0.39 is 23.9 Å². The number of carboxylic acid groups (broad SMARTS) is 4. The third-order valence-electron chi connectivity index (χ3n) is 0. The number of rotatable bonds is 0. The SMILES string of the molecule is CC(=O)O.CC(=O)O.CC(=O)[O-].CC(=O)[O-].CCN.CCN.[Na+].[Na+]. The fraction of sp³-hybridized carbons (Fsp3) is 0.667. The Morgan fingerprint density at radius 3 is 0.708 bits per heavy atom. The van der Waals surface area contributed by atoms with Crippen molar-refractivity contribution >= 4 is 23.9 Å². The van der Waals surface area contributed by atoms with Gasteiger partial charge in [0.15, 0.2) is 0 Å². The molecule has 0 fully saturated rings. The van der Waals surface area contributed by atoms with Crippen molar-refractivity contribution in [3.8, 4) is 0 Å². The molecule has 0 aromatic heterocycles. The fourth-order valence-corrected chi connectivity index (χ4v) is 0. The van der Waals surface area contributed by atoms with Crippen LogP contribution in [0.25, 0.3) is 0 Å². The summed E-state index contributed by atoms with van der Waals surface area (Å²) in [5, 5.41) is 32.6. The zero-order chi connectivity index (χ0) is 19.7. The van der Waals surface area contributed by atoms with Gasteiger partial charge in [-0.3, -0.25) is 9.59 Å². The summed E-state index contributed by atoms with van der Waals surface area (Å²) in [5.41, 5.74) is 9.69. The summed E-state index contributed by atoms with van der Waals surface area (Å²) in [6.07, 6.45) is 0. The molecule has 6 N–H and O–H groups in total. The Bertz CT molecular complexity index is 201. The molecule has 0 aliphatic heterocycles. The van der Waals surface area contributed by atoms with E-state index in [2.05, 4.69) is 0 Å². The minimum Gasteiger partial charge on any atom is -0.550 e. The van der Waals surface area contributed by atoms with E-state index in [1.165, 1.54) is 0 Å². The average Bonchev–Trinajstić information content (AvgIpc) is 2.13. The van der Waals surface area contributed by atoms with E-state index in [0.29, 0.717) is 0 Å². The van der Waals surface area contributed by atoms with Crippen molar-refractivity contribution < 1.29 is 98.7 Å². The van der Waals surface area contributed by atoms with Gasteiger partial charge in [0, 0.05) is 25.8 Å². The number of carboxylic acids is 4. The first-order chi connectivity index (χ1) is 9.76. The largest absolute Gasteiger partial charge is 1.00 e. The van der Waals surface area contributed by atoms with Crippen molar-refractivity contribution in [3.05, 3.63) is 0 Å². The Hall–Kier alpha value is -0.200. The summed E-state index contributed by atoms with van der Waals surface area (Å²) in [6.45, 7) is 9.42. The van der Waals surface area contributed by atoms with Crippen molar-refractivity contribution in [2.24, 2.45) is 11.5 Å². The normalized spacial score (nSPS) is 5.67. The Balaban J connectivity index is -0.0000000211. The van der Waals surface area contributed by atoms with Crippen LogP contribution in [0.4, 0.5) is 0 Å². The molecular formula is C12H28N2Na2O8. The van der Waals surface area contributed by atoms with Gasteiger partial charge in [-0.05, 0) is 26.9 Å². The van der Waals surface area contributed by atoms with Crippen molar-refractivity contribution in [2.45, 2.75) is 41.5 Å². The van der Waals surface area contributed by atoms with E-state index in [-0.39, 0.29) is 59.1 Å². The van der Waals surface area contributed by atoms with Gasteiger partial charge >= 0.3 is 59.1 Å². The van der Waals surface area contributed by atoms with Crippen LogP contribution >= 0.6 is 0 Å². The molecule has 0 atom stereocenters. The summed E-state index contributed by atoms with van der Waals surface area (Å²) >= 11 is 0. The van der Waals surface area contributed by atoms with Gasteiger partial charge in [0.1, 0.15) is 0 Å². The van der Waals surface area contributed by atoms with Gasteiger partial charge in [-0.1, -0.05) is 13.8 Å². The molecule has 0 unspecified atom stereocenters. The molecular weight excluding hydrogens is 346 g/mol. The van der Waals surface area contributed by atoms with Crippen molar-refractivity contribution in [1.29, 1.82) is 0 Å². The molecule has 0 aliphatic carbocycles. The van der Waals surface area contributed by atoms with Gasteiger partial charge in [-0.25, -0.2) is 0 Å².